The average Bonchev–Trinajstić information content (AvgIpc) is 3.05. The number of nitrogens with zero attached hydrogens (tertiary/aromatic N) is 2. The molecule has 0 bridgehead atoms. The number of aromatic nitrogens is 2. The van der Waals surface area contributed by atoms with Gasteiger partial charge in [0.15, 0.2) is 0 Å². The number of benzene rings is 2. The van der Waals surface area contributed by atoms with Crippen molar-refractivity contribution in [1.82, 2.24) is 15.1 Å². The molecule has 6 nitrogen and oxygen atoms in total. The molecule has 0 unspecified atom stereocenters. The van der Waals surface area contributed by atoms with Crippen molar-refractivity contribution >= 4 is 17.5 Å². The van der Waals surface area contributed by atoms with E-state index in [1.807, 2.05) is 74.8 Å². The average molecular weight is 390 g/mol. The summed E-state index contributed by atoms with van der Waals surface area (Å²) in [6, 6.07) is 16.8. The van der Waals surface area contributed by atoms with Gasteiger partial charge in [0, 0.05) is 29.4 Å². The third-order valence-electron chi connectivity index (χ3n) is 4.58. The zero-order valence-electron chi connectivity index (χ0n) is 17.2. The van der Waals surface area contributed by atoms with Crippen molar-refractivity contribution in [3.05, 3.63) is 77.1 Å². The monoisotopic (exact) mass is 390 g/mol. The highest BCUT2D eigenvalue weighted by Crippen LogP contribution is 2.14. The molecule has 0 atom stereocenters. The Kier molecular flexibility index (Phi) is 6.12. The molecule has 150 valence electrons. The Morgan fingerprint density at radius 2 is 1.66 bits per heavy atom. The lowest BCUT2D eigenvalue weighted by Crippen LogP contribution is -2.22. The maximum Gasteiger partial charge on any atom is 0.251 e. The molecule has 0 saturated heterocycles. The van der Waals surface area contributed by atoms with Gasteiger partial charge in [-0.1, -0.05) is 26.0 Å². The van der Waals surface area contributed by atoms with E-state index in [4.69, 9.17) is 0 Å². The van der Waals surface area contributed by atoms with Crippen LogP contribution >= 0.6 is 0 Å². The highest BCUT2D eigenvalue weighted by Gasteiger charge is 2.09. The lowest BCUT2D eigenvalue weighted by molar-refractivity contribution is -0.118. The first-order chi connectivity index (χ1) is 13.8. The zero-order valence-corrected chi connectivity index (χ0v) is 17.2. The quantitative estimate of drug-likeness (QED) is 0.668. The Labute approximate surface area is 170 Å². The van der Waals surface area contributed by atoms with Crippen molar-refractivity contribution in [1.29, 1.82) is 0 Å². The van der Waals surface area contributed by atoms with Crippen LogP contribution in [-0.4, -0.2) is 21.6 Å². The molecule has 2 N–H and O–H groups in total. The van der Waals surface area contributed by atoms with Gasteiger partial charge in [0.05, 0.1) is 11.4 Å². The van der Waals surface area contributed by atoms with E-state index in [2.05, 4.69) is 15.7 Å². The Hall–Kier alpha value is -3.41. The van der Waals surface area contributed by atoms with Gasteiger partial charge in [-0.05, 0) is 61.9 Å². The number of hydrogen-bond donors (Lipinski definition) is 2. The number of amides is 2. The third-order valence-corrected chi connectivity index (χ3v) is 4.58. The second-order valence-electron chi connectivity index (χ2n) is 7.41. The smallest absolute Gasteiger partial charge is 0.251 e. The lowest BCUT2D eigenvalue weighted by atomic mass is 10.1. The second kappa shape index (κ2) is 8.73. The van der Waals surface area contributed by atoms with Crippen molar-refractivity contribution in [3.63, 3.8) is 0 Å². The molecule has 0 aliphatic carbocycles. The van der Waals surface area contributed by atoms with E-state index in [-0.39, 0.29) is 17.7 Å². The second-order valence-corrected chi connectivity index (χ2v) is 7.41. The molecule has 0 radical (unpaired) electrons. The van der Waals surface area contributed by atoms with Crippen molar-refractivity contribution < 1.29 is 9.59 Å². The predicted octanol–water partition coefficient (Wildman–Crippen LogP) is 4.01. The molecule has 0 fully saturated rings. The number of anilines is 1. The van der Waals surface area contributed by atoms with E-state index in [1.165, 1.54) is 0 Å². The molecular weight excluding hydrogens is 364 g/mol. The summed E-state index contributed by atoms with van der Waals surface area (Å²) in [7, 11) is 0. The summed E-state index contributed by atoms with van der Waals surface area (Å²) in [5, 5.41) is 10.2. The van der Waals surface area contributed by atoms with Crippen LogP contribution in [0, 0.1) is 19.8 Å². The summed E-state index contributed by atoms with van der Waals surface area (Å²) >= 11 is 0. The van der Waals surface area contributed by atoms with Crippen LogP contribution < -0.4 is 10.6 Å². The first-order valence-corrected chi connectivity index (χ1v) is 9.65. The van der Waals surface area contributed by atoms with E-state index in [0.29, 0.717) is 12.1 Å². The van der Waals surface area contributed by atoms with E-state index in [9.17, 15) is 9.59 Å². The van der Waals surface area contributed by atoms with Crippen LogP contribution in [0.2, 0.25) is 0 Å². The molecule has 1 heterocycles. The van der Waals surface area contributed by atoms with Crippen molar-refractivity contribution in [2.24, 2.45) is 5.92 Å². The van der Waals surface area contributed by atoms with Crippen LogP contribution in [0.5, 0.6) is 0 Å². The van der Waals surface area contributed by atoms with E-state index >= 15 is 0 Å². The number of aryl methyl sites for hydroxylation is 2. The van der Waals surface area contributed by atoms with Gasteiger partial charge in [0.25, 0.3) is 5.91 Å². The number of nitrogens with one attached hydrogen (secondary N) is 2. The van der Waals surface area contributed by atoms with Crippen molar-refractivity contribution in [2.75, 3.05) is 5.32 Å². The van der Waals surface area contributed by atoms with Gasteiger partial charge in [0.1, 0.15) is 0 Å². The number of carbonyl (C=O) groups excluding carboxylic acids is 2. The van der Waals surface area contributed by atoms with Crippen molar-refractivity contribution in [2.45, 2.75) is 34.2 Å². The van der Waals surface area contributed by atoms with Gasteiger partial charge in [-0.2, -0.15) is 5.10 Å². The van der Waals surface area contributed by atoms with E-state index in [1.54, 1.807) is 12.1 Å². The molecule has 0 aliphatic rings. The molecule has 0 spiro atoms. The summed E-state index contributed by atoms with van der Waals surface area (Å²) in [6.07, 6.45) is 0. The van der Waals surface area contributed by atoms with Crippen LogP contribution in [0.15, 0.2) is 54.6 Å². The first kappa shape index (κ1) is 20.3. The standard InChI is InChI=1S/C23H26N4O2/c1-15(2)22(28)25-20-9-5-18(6-10-20)14-24-23(29)19-7-11-21(12-8-19)27-17(4)13-16(3)26-27/h5-13,15H,14H2,1-4H3,(H,24,29)(H,25,28). The topological polar surface area (TPSA) is 76.0 Å². The number of rotatable bonds is 6. The van der Waals surface area contributed by atoms with E-state index in [0.717, 1.165) is 28.3 Å². The molecule has 6 heteroatoms. The summed E-state index contributed by atoms with van der Waals surface area (Å²) in [4.78, 5) is 24.2. The highest BCUT2D eigenvalue weighted by atomic mass is 16.2. The maximum atomic E-state index is 12.4. The van der Waals surface area contributed by atoms with Gasteiger partial charge in [-0.15, -0.1) is 0 Å². The molecule has 1 aromatic heterocycles. The molecule has 2 amide bonds. The Balaban J connectivity index is 1.58. The third kappa shape index (κ3) is 5.10. The number of carbonyl (C=O) groups is 2. The van der Waals surface area contributed by atoms with Gasteiger partial charge < -0.3 is 10.6 Å². The summed E-state index contributed by atoms with van der Waals surface area (Å²) < 4.78 is 1.86. The fourth-order valence-corrected chi connectivity index (χ4v) is 2.92. The van der Waals surface area contributed by atoms with E-state index < -0.39 is 0 Å². The molecule has 0 aliphatic heterocycles. The fourth-order valence-electron chi connectivity index (χ4n) is 2.92. The van der Waals surface area contributed by atoms with Crippen LogP contribution in [0.25, 0.3) is 5.69 Å². The summed E-state index contributed by atoms with van der Waals surface area (Å²) in [6.45, 7) is 8.07. The first-order valence-electron chi connectivity index (χ1n) is 9.65. The van der Waals surface area contributed by atoms with Crippen LogP contribution in [0.4, 0.5) is 5.69 Å². The molecule has 0 saturated carbocycles. The number of hydrogen-bond acceptors (Lipinski definition) is 3. The summed E-state index contributed by atoms with van der Waals surface area (Å²) in [5.74, 6) is -0.223. The van der Waals surface area contributed by atoms with Gasteiger partial charge in [-0.3, -0.25) is 9.59 Å². The molecule has 2 aromatic carbocycles. The molecule has 3 aromatic rings. The summed E-state index contributed by atoms with van der Waals surface area (Å²) in [5.41, 5.74) is 5.23. The van der Waals surface area contributed by atoms with Gasteiger partial charge in [0.2, 0.25) is 5.91 Å². The highest BCUT2D eigenvalue weighted by molar-refractivity contribution is 5.94. The predicted molar refractivity (Wildman–Crippen MR) is 114 cm³/mol. The van der Waals surface area contributed by atoms with Gasteiger partial charge in [-0.25, -0.2) is 4.68 Å². The van der Waals surface area contributed by atoms with Crippen LogP contribution in [-0.2, 0) is 11.3 Å². The van der Waals surface area contributed by atoms with Crippen LogP contribution in [0.1, 0.15) is 41.2 Å². The zero-order chi connectivity index (χ0) is 21.0. The Bertz CT molecular complexity index is 1000. The minimum atomic E-state index is -0.137. The maximum absolute atomic E-state index is 12.4. The minimum Gasteiger partial charge on any atom is -0.348 e. The molecule has 29 heavy (non-hydrogen) atoms. The SMILES string of the molecule is Cc1cc(C)n(-c2ccc(C(=O)NCc3ccc(NC(=O)C(C)C)cc3)cc2)n1. The lowest BCUT2D eigenvalue weighted by Gasteiger charge is -2.10. The van der Waals surface area contributed by atoms with Gasteiger partial charge >= 0.3 is 0 Å². The fraction of sp³-hybridized carbons (Fsp3) is 0.261. The minimum absolute atomic E-state index is 0.0186. The van der Waals surface area contributed by atoms with Crippen molar-refractivity contribution in [3.8, 4) is 5.69 Å². The molecule has 3 rings (SSSR count). The normalized spacial score (nSPS) is 10.8. The van der Waals surface area contributed by atoms with Crippen LogP contribution in [0.3, 0.4) is 0 Å². The molecular formula is C23H26N4O2. The Morgan fingerprint density at radius 3 is 2.21 bits per heavy atom. The largest absolute Gasteiger partial charge is 0.348 e. The Morgan fingerprint density at radius 1 is 1.00 bits per heavy atom.